The molecule has 1 unspecified atom stereocenters. The van der Waals surface area contributed by atoms with Crippen molar-refractivity contribution in [3.8, 4) is 0 Å². The molecule has 0 spiro atoms. The zero-order valence-electron chi connectivity index (χ0n) is 14.0. The third-order valence-electron chi connectivity index (χ3n) is 4.20. The maximum Gasteiger partial charge on any atom is 0.317 e. The summed E-state index contributed by atoms with van der Waals surface area (Å²) in [6, 6.07) is 0.000750. The number of nitrogens with zero attached hydrogens (tertiary/aromatic N) is 3. The molecule has 1 saturated carbocycles. The second kappa shape index (κ2) is 7.29. The molecule has 1 atom stereocenters. The van der Waals surface area contributed by atoms with Gasteiger partial charge in [-0.2, -0.15) is 4.98 Å². The minimum Gasteiger partial charge on any atom is -0.367 e. The van der Waals surface area contributed by atoms with E-state index in [-0.39, 0.29) is 12.1 Å². The number of carbonyl (C=O) groups is 1. The summed E-state index contributed by atoms with van der Waals surface area (Å²) in [5.41, 5.74) is 0. The topological polar surface area (TPSA) is 80.5 Å². The van der Waals surface area contributed by atoms with Crippen LogP contribution in [-0.4, -0.2) is 46.8 Å². The number of piperidine rings is 1. The lowest BCUT2D eigenvalue weighted by molar-refractivity contribution is -0.0104. The van der Waals surface area contributed by atoms with Crippen molar-refractivity contribution in [1.29, 1.82) is 0 Å². The highest BCUT2D eigenvalue weighted by atomic mass is 16.5. The van der Waals surface area contributed by atoms with E-state index >= 15 is 0 Å². The van der Waals surface area contributed by atoms with E-state index in [4.69, 9.17) is 9.26 Å². The van der Waals surface area contributed by atoms with Crippen LogP contribution in [0.1, 0.15) is 57.2 Å². The molecule has 0 bridgehead atoms. The van der Waals surface area contributed by atoms with Crippen LogP contribution < -0.4 is 5.32 Å². The van der Waals surface area contributed by atoms with Crippen molar-refractivity contribution in [3.63, 3.8) is 0 Å². The average molecular weight is 322 g/mol. The smallest absolute Gasteiger partial charge is 0.317 e. The summed E-state index contributed by atoms with van der Waals surface area (Å²) in [7, 11) is 0. The molecule has 2 fully saturated rings. The number of hydrogen-bond donors (Lipinski definition) is 1. The lowest BCUT2D eigenvalue weighted by Gasteiger charge is -2.32. The van der Waals surface area contributed by atoms with Gasteiger partial charge in [-0.1, -0.05) is 19.0 Å². The summed E-state index contributed by atoms with van der Waals surface area (Å²) in [6.07, 6.45) is 4.25. The van der Waals surface area contributed by atoms with E-state index in [1.54, 1.807) is 0 Å². The highest BCUT2D eigenvalue weighted by Gasteiger charge is 2.29. The number of nitrogens with one attached hydrogen (secondary N) is 1. The number of carbonyl (C=O) groups excluding carboxylic acids is 1. The van der Waals surface area contributed by atoms with Crippen molar-refractivity contribution in [2.45, 2.75) is 58.2 Å². The van der Waals surface area contributed by atoms with Crippen molar-refractivity contribution < 1.29 is 14.1 Å². The van der Waals surface area contributed by atoms with Gasteiger partial charge < -0.3 is 19.5 Å². The maximum absolute atomic E-state index is 12.1. The Labute approximate surface area is 136 Å². The molecule has 0 aromatic carbocycles. The maximum atomic E-state index is 12.1. The Bertz CT molecular complexity index is 527. The zero-order chi connectivity index (χ0) is 16.2. The van der Waals surface area contributed by atoms with Crippen molar-refractivity contribution in [3.05, 3.63) is 11.7 Å². The quantitative estimate of drug-likeness (QED) is 0.869. The number of hydrogen-bond acceptors (Lipinski definition) is 5. The SMILES string of the molecule is CC(C)CNC(=O)N1CCCC(OCc2nc(C3CC3)no2)C1. The number of likely N-dealkylation sites (tertiary alicyclic amines) is 1. The first-order valence-corrected chi connectivity index (χ1v) is 8.58. The predicted molar refractivity (Wildman–Crippen MR) is 83.9 cm³/mol. The summed E-state index contributed by atoms with van der Waals surface area (Å²) in [5, 5.41) is 6.94. The molecule has 2 aliphatic rings. The van der Waals surface area contributed by atoms with Crippen LogP contribution in [0.25, 0.3) is 0 Å². The zero-order valence-corrected chi connectivity index (χ0v) is 14.0. The van der Waals surface area contributed by atoms with Crippen molar-refractivity contribution in [2.24, 2.45) is 5.92 Å². The lowest BCUT2D eigenvalue weighted by Crippen LogP contribution is -2.48. The highest BCUT2D eigenvalue weighted by molar-refractivity contribution is 5.74. The first-order chi connectivity index (χ1) is 11.1. The van der Waals surface area contributed by atoms with Crippen molar-refractivity contribution >= 4 is 6.03 Å². The van der Waals surface area contributed by atoms with Crippen LogP contribution in [0.5, 0.6) is 0 Å². The van der Waals surface area contributed by atoms with Gasteiger partial charge in [-0.15, -0.1) is 0 Å². The summed E-state index contributed by atoms with van der Waals surface area (Å²) in [4.78, 5) is 18.3. The minimum absolute atomic E-state index is 0.000750. The Morgan fingerprint density at radius 3 is 3.00 bits per heavy atom. The van der Waals surface area contributed by atoms with E-state index in [0.717, 1.165) is 38.1 Å². The van der Waals surface area contributed by atoms with Crippen LogP contribution in [0.15, 0.2) is 4.52 Å². The second-order valence-electron chi connectivity index (χ2n) is 6.92. The van der Waals surface area contributed by atoms with E-state index in [1.807, 2.05) is 4.90 Å². The molecule has 1 aromatic rings. The Morgan fingerprint density at radius 2 is 2.26 bits per heavy atom. The molecule has 7 heteroatoms. The Morgan fingerprint density at radius 1 is 1.43 bits per heavy atom. The van der Waals surface area contributed by atoms with Gasteiger partial charge in [-0.25, -0.2) is 4.79 Å². The molecule has 1 aliphatic carbocycles. The van der Waals surface area contributed by atoms with Gasteiger partial charge >= 0.3 is 6.03 Å². The average Bonchev–Trinajstić information content (AvgIpc) is 3.29. The van der Waals surface area contributed by atoms with Gasteiger partial charge in [0.25, 0.3) is 5.89 Å². The van der Waals surface area contributed by atoms with Gasteiger partial charge in [0, 0.05) is 25.6 Å². The number of rotatable bonds is 6. The third kappa shape index (κ3) is 4.67. The van der Waals surface area contributed by atoms with Crippen molar-refractivity contribution in [1.82, 2.24) is 20.4 Å². The predicted octanol–water partition coefficient (Wildman–Crippen LogP) is 2.29. The molecule has 23 heavy (non-hydrogen) atoms. The van der Waals surface area contributed by atoms with Gasteiger partial charge in [0.2, 0.25) is 0 Å². The van der Waals surface area contributed by atoms with Crippen LogP contribution >= 0.6 is 0 Å². The summed E-state index contributed by atoms with van der Waals surface area (Å²) < 4.78 is 11.1. The Kier molecular flexibility index (Phi) is 5.15. The van der Waals surface area contributed by atoms with Crippen LogP contribution in [0.3, 0.4) is 0 Å². The lowest BCUT2D eigenvalue weighted by atomic mass is 10.1. The van der Waals surface area contributed by atoms with Crippen molar-refractivity contribution in [2.75, 3.05) is 19.6 Å². The minimum atomic E-state index is 0.000750. The summed E-state index contributed by atoms with van der Waals surface area (Å²) in [5.74, 6) is 2.28. The molecule has 0 radical (unpaired) electrons. The molecule has 3 rings (SSSR count). The van der Waals surface area contributed by atoms with E-state index < -0.39 is 0 Å². The summed E-state index contributed by atoms with van der Waals surface area (Å²) >= 11 is 0. The molecule has 2 amide bonds. The number of ether oxygens (including phenoxy) is 1. The first-order valence-electron chi connectivity index (χ1n) is 8.58. The monoisotopic (exact) mass is 322 g/mol. The fourth-order valence-corrected chi connectivity index (χ4v) is 2.69. The fourth-order valence-electron chi connectivity index (χ4n) is 2.69. The number of urea groups is 1. The van der Waals surface area contributed by atoms with Gasteiger partial charge in [-0.3, -0.25) is 0 Å². The van der Waals surface area contributed by atoms with Gasteiger partial charge in [0.1, 0.15) is 6.61 Å². The second-order valence-corrected chi connectivity index (χ2v) is 6.92. The molecule has 1 N–H and O–H groups in total. The first kappa shape index (κ1) is 16.2. The number of amides is 2. The van der Waals surface area contributed by atoms with E-state index in [2.05, 4.69) is 29.3 Å². The summed E-state index contributed by atoms with van der Waals surface area (Å²) in [6.45, 7) is 6.60. The van der Waals surface area contributed by atoms with Crippen LogP contribution in [0.2, 0.25) is 0 Å². The molecule has 7 nitrogen and oxygen atoms in total. The van der Waals surface area contributed by atoms with Gasteiger partial charge in [0.15, 0.2) is 5.82 Å². The molecular weight excluding hydrogens is 296 g/mol. The van der Waals surface area contributed by atoms with Crippen LogP contribution in [0, 0.1) is 5.92 Å². The molecule has 1 saturated heterocycles. The fraction of sp³-hybridized carbons (Fsp3) is 0.812. The largest absolute Gasteiger partial charge is 0.367 e. The normalized spacial score (nSPS) is 21.7. The molecular formula is C16H26N4O3. The molecule has 1 aromatic heterocycles. The Hall–Kier alpha value is -1.63. The van der Waals surface area contributed by atoms with Crippen LogP contribution in [-0.2, 0) is 11.3 Å². The molecule has 128 valence electrons. The highest BCUT2D eigenvalue weighted by Crippen LogP contribution is 2.38. The van der Waals surface area contributed by atoms with E-state index in [1.165, 1.54) is 0 Å². The van der Waals surface area contributed by atoms with E-state index in [9.17, 15) is 4.79 Å². The molecule has 1 aliphatic heterocycles. The van der Waals surface area contributed by atoms with Gasteiger partial charge in [-0.05, 0) is 31.6 Å². The van der Waals surface area contributed by atoms with Gasteiger partial charge in [0.05, 0.1) is 6.10 Å². The standard InChI is InChI=1S/C16H26N4O3/c1-11(2)8-17-16(21)20-7-3-4-13(9-20)22-10-14-18-15(19-23-14)12-5-6-12/h11-13H,3-10H2,1-2H3,(H,17,21). The van der Waals surface area contributed by atoms with E-state index in [0.29, 0.717) is 37.4 Å². The molecule has 2 heterocycles. The third-order valence-corrected chi connectivity index (χ3v) is 4.20. The Balaban J connectivity index is 1.43. The van der Waals surface area contributed by atoms with Crippen LogP contribution in [0.4, 0.5) is 4.79 Å². The number of aromatic nitrogens is 2.